The van der Waals surface area contributed by atoms with Gasteiger partial charge in [0.15, 0.2) is 6.61 Å². The minimum Gasteiger partial charge on any atom is -0.454 e. The van der Waals surface area contributed by atoms with Crippen molar-refractivity contribution < 1.29 is 22.7 Å². The Labute approximate surface area is 169 Å². The molecule has 0 saturated heterocycles. The molecule has 8 nitrogen and oxygen atoms in total. The number of benzene rings is 2. The van der Waals surface area contributed by atoms with Crippen LogP contribution in [0.4, 0.5) is 5.69 Å². The third-order valence-electron chi connectivity index (χ3n) is 4.55. The number of hydrogen-bond acceptors (Lipinski definition) is 6. The second-order valence-corrected chi connectivity index (χ2v) is 8.31. The first-order chi connectivity index (χ1) is 13.7. The zero-order valence-corrected chi connectivity index (χ0v) is 17.0. The lowest BCUT2D eigenvalue weighted by Crippen LogP contribution is -2.29. The van der Waals surface area contributed by atoms with E-state index in [2.05, 4.69) is 15.0 Å². The van der Waals surface area contributed by atoms with Crippen molar-refractivity contribution in [3.8, 4) is 0 Å². The van der Waals surface area contributed by atoms with Gasteiger partial charge in [-0.25, -0.2) is 13.2 Å². The number of aliphatic imine (C=N–C) groups is 1. The molecule has 1 heterocycles. The third-order valence-corrected chi connectivity index (χ3v) is 5.95. The number of sulfonamides is 1. The summed E-state index contributed by atoms with van der Waals surface area (Å²) >= 11 is 0. The molecule has 1 unspecified atom stereocenters. The van der Waals surface area contributed by atoms with Crippen LogP contribution in [0.5, 0.6) is 0 Å². The maximum Gasteiger partial charge on any atom is 0.331 e. The van der Waals surface area contributed by atoms with Crippen molar-refractivity contribution in [3.05, 3.63) is 59.2 Å². The number of esters is 1. The Morgan fingerprint density at radius 2 is 1.86 bits per heavy atom. The highest BCUT2D eigenvalue weighted by atomic mass is 32.2. The van der Waals surface area contributed by atoms with E-state index in [1.807, 2.05) is 26.0 Å². The van der Waals surface area contributed by atoms with Gasteiger partial charge >= 0.3 is 5.97 Å². The molecular formula is C20H21N3O5S. The van der Waals surface area contributed by atoms with Gasteiger partial charge < -0.3 is 10.1 Å². The molecule has 152 valence electrons. The first-order valence-corrected chi connectivity index (χ1v) is 10.4. The molecule has 2 aromatic rings. The van der Waals surface area contributed by atoms with Crippen LogP contribution in [0.1, 0.15) is 23.6 Å². The highest BCUT2D eigenvalue weighted by Crippen LogP contribution is 2.22. The number of amidine groups is 1. The molecule has 9 heteroatoms. The topological polar surface area (TPSA) is 114 Å². The number of carbonyl (C=O) groups excluding carboxylic acids is 2. The van der Waals surface area contributed by atoms with E-state index in [1.165, 1.54) is 13.0 Å². The smallest absolute Gasteiger partial charge is 0.331 e. The molecule has 1 aliphatic heterocycles. The van der Waals surface area contributed by atoms with Gasteiger partial charge in [0.2, 0.25) is 0 Å². The molecule has 2 aromatic carbocycles. The van der Waals surface area contributed by atoms with Crippen molar-refractivity contribution in [2.45, 2.75) is 31.7 Å². The average Bonchev–Trinajstić information content (AvgIpc) is 2.94. The van der Waals surface area contributed by atoms with Gasteiger partial charge in [-0.2, -0.15) is 0 Å². The van der Waals surface area contributed by atoms with E-state index in [9.17, 15) is 18.0 Å². The molecular weight excluding hydrogens is 394 g/mol. The minimum atomic E-state index is -3.69. The highest BCUT2D eigenvalue weighted by Gasteiger charge is 2.31. The standard InChI is InChI=1S/C20H21N3O5S/c1-12-7-6-9-16(13(12)2)22-18(24)11-28-20(25)14(3)21-19-15-8-4-5-10-17(15)29(26,27)23-19/h4-10,14H,11H2,1-3H3,(H,21,23)(H,22,24). The Hall–Kier alpha value is -3.20. The number of rotatable bonds is 5. The summed E-state index contributed by atoms with van der Waals surface area (Å²) in [5.74, 6) is -1.14. The van der Waals surface area contributed by atoms with Crippen LogP contribution >= 0.6 is 0 Å². The molecule has 0 aliphatic carbocycles. The number of anilines is 1. The summed E-state index contributed by atoms with van der Waals surface area (Å²) in [6.45, 7) is 4.81. The number of fused-ring (bicyclic) bond motifs is 1. The van der Waals surface area contributed by atoms with Gasteiger partial charge in [0.05, 0.1) is 4.90 Å². The van der Waals surface area contributed by atoms with Crippen LogP contribution in [0, 0.1) is 13.8 Å². The second-order valence-electron chi connectivity index (χ2n) is 6.66. The van der Waals surface area contributed by atoms with Crippen LogP contribution < -0.4 is 10.0 Å². The summed E-state index contributed by atoms with van der Waals surface area (Å²) < 4.78 is 31.5. The van der Waals surface area contributed by atoms with E-state index >= 15 is 0 Å². The van der Waals surface area contributed by atoms with Crippen molar-refractivity contribution in [2.24, 2.45) is 4.99 Å². The van der Waals surface area contributed by atoms with Gasteiger partial charge in [-0.05, 0) is 50.1 Å². The summed E-state index contributed by atoms with van der Waals surface area (Å²) in [4.78, 5) is 28.5. The van der Waals surface area contributed by atoms with Gasteiger partial charge in [-0.1, -0.05) is 24.3 Å². The summed E-state index contributed by atoms with van der Waals surface area (Å²) in [5.41, 5.74) is 3.00. The molecule has 2 N–H and O–H groups in total. The number of carbonyl (C=O) groups is 2. The summed E-state index contributed by atoms with van der Waals surface area (Å²) in [6, 6.07) is 10.9. The minimum absolute atomic E-state index is 0.0740. The quantitative estimate of drug-likeness (QED) is 0.724. The SMILES string of the molecule is Cc1cccc(NC(=O)COC(=O)C(C)N=C2NS(=O)(=O)c3ccccc32)c1C. The molecule has 0 fully saturated rings. The number of nitrogens with zero attached hydrogens (tertiary/aromatic N) is 1. The summed E-state index contributed by atoms with van der Waals surface area (Å²) in [7, 11) is -3.69. The van der Waals surface area contributed by atoms with E-state index in [0.29, 0.717) is 11.3 Å². The van der Waals surface area contributed by atoms with Crippen LogP contribution in [-0.2, 0) is 24.3 Å². The van der Waals surface area contributed by atoms with Crippen molar-refractivity contribution in [3.63, 3.8) is 0 Å². The van der Waals surface area contributed by atoms with Crippen LogP contribution in [0.25, 0.3) is 0 Å². The van der Waals surface area contributed by atoms with E-state index in [4.69, 9.17) is 4.74 Å². The predicted octanol–water partition coefficient (Wildman–Crippen LogP) is 1.91. The van der Waals surface area contributed by atoms with Crippen molar-refractivity contribution in [1.82, 2.24) is 4.72 Å². The highest BCUT2D eigenvalue weighted by molar-refractivity contribution is 7.90. The Morgan fingerprint density at radius 3 is 2.62 bits per heavy atom. The first-order valence-electron chi connectivity index (χ1n) is 8.92. The van der Waals surface area contributed by atoms with Gasteiger partial charge in [0, 0.05) is 11.3 Å². The molecule has 0 spiro atoms. The maximum atomic E-state index is 12.2. The van der Waals surface area contributed by atoms with E-state index in [1.54, 1.807) is 24.3 Å². The lowest BCUT2D eigenvalue weighted by atomic mass is 10.1. The molecule has 1 aliphatic rings. The van der Waals surface area contributed by atoms with Crippen molar-refractivity contribution in [1.29, 1.82) is 0 Å². The number of nitrogens with one attached hydrogen (secondary N) is 2. The van der Waals surface area contributed by atoms with Crippen LogP contribution in [0.15, 0.2) is 52.4 Å². The van der Waals surface area contributed by atoms with Gasteiger partial charge in [0.1, 0.15) is 11.9 Å². The van der Waals surface area contributed by atoms with Crippen LogP contribution in [0.3, 0.4) is 0 Å². The lowest BCUT2D eigenvalue weighted by Gasteiger charge is -2.12. The molecule has 0 radical (unpaired) electrons. The fraction of sp³-hybridized carbons (Fsp3) is 0.250. The summed E-state index contributed by atoms with van der Waals surface area (Å²) in [6.07, 6.45) is 0. The molecule has 0 saturated carbocycles. The molecule has 1 amide bonds. The zero-order valence-electron chi connectivity index (χ0n) is 16.2. The molecule has 0 bridgehead atoms. The number of amides is 1. The molecule has 3 rings (SSSR count). The lowest BCUT2D eigenvalue weighted by molar-refractivity contribution is -0.148. The van der Waals surface area contributed by atoms with E-state index in [-0.39, 0.29) is 10.7 Å². The molecule has 1 atom stereocenters. The largest absolute Gasteiger partial charge is 0.454 e. The molecule has 29 heavy (non-hydrogen) atoms. The number of aryl methyl sites for hydroxylation is 1. The Kier molecular flexibility index (Phi) is 5.69. The third kappa shape index (κ3) is 4.45. The Morgan fingerprint density at radius 1 is 1.14 bits per heavy atom. The van der Waals surface area contributed by atoms with Crippen molar-refractivity contribution in [2.75, 3.05) is 11.9 Å². The fourth-order valence-electron chi connectivity index (χ4n) is 2.81. The number of ether oxygens (including phenoxy) is 1. The number of hydrogen-bond donors (Lipinski definition) is 2. The van der Waals surface area contributed by atoms with Crippen molar-refractivity contribution >= 4 is 33.4 Å². The monoisotopic (exact) mass is 415 g/mol. The van der Waals surface area contributed by atoms with Gasteiger partial charge in [-0.3, -0.25) is 14.5 Å². The van der Waals surface area contributed by atoms with E-state index < -0.39 is 34.5 Å². The average molecular weight is 415 g/mol. The summed E-state index contributed by atoms with van der Waals surface area (Å²) in [5, 5.41) is 2.70. The van der Waals surface area contributed by atoms with Crippen LogP contribution in [0.2, 0.25) is 0 Å². The van der Waals surface area contributed by atoms with Gasteiger partial charge in [-0.15, -0.1) is 0 Å². The van der Waals surface area contributed by atoms with E-state index in [0.717, 1.165) is 11.1 Å². The Bertz CT molecular complexity index is 1110. The maximum absolute atomic E-state index is 12.2. The van der Waals surface area contributed by atoms with Crippen LogP contribution in [-0.4, -0.2) is 38.8 Å². The first kappa shape index (κ1) is 20.5. The predicted molar refractivity (Wildman–Crippen MR) is 108 cm³/mol. The Balaban J connectivity index is 1.62. The fourth-order valence-corrected chi connectivity index (χ4v) is 4.05. The zero-order chi connectivity index (χ0) is 21.2. The normalized spacial score (nSPS) is 16.6. The van der Waals surface area contributed by atoms with Gasteiger partial charge in [0.25, 0.3) is 15.9 Å². The second kappa shape index (κ2) is 8.04. The molecule has 0 aromatic heterocycles.